The van der Waals surface area contributed by atoms with Gasteiger partial charge in [0.15, 0.2) is 34.8 Å². The fourth-order valence-electron chi connectivity index (χ4n) is 13.3. The molecule has 0 aromatic heterocycles. The smallest absolute Gasteiger partial charge is 0.346 e. The van der Waals surface area contributed by atoms with Crippen LogP contribution in [0.1, 0.15) is 135 Å². The second-order valence-corrected chi connectivity index (χ2v) is 31.2. The summed E-state index contributed by atoms with van der Waals surface area (Å²) >= 11 is 0. The lowest BCUT2D eigenvalue weighted by Gasteiger charge is -2.10. The summed E-state index contributed by atoms with van der Waals surface area (Å²) in [6, 6.07) is 81.0. The third-order valence-electron chi connectivity index (χ3n) is 21.1. The van der Waals surface area contributed by atoms with E-state index in [1.807, 2.05) is 95.3 Å². The fourth-order valence-corrected chi connectivity index (χ4v) is 13.3. The standard InChI is InChI=1S/C23H18F2O4.C23H18F2O3.C22H18F2O3.2C22H18F2O2/c1-14-3-7-17(8-4-14)19-11-12-20(22(25)21(19)24)23(27)29-18-9-5-16(6-10-18)13-28-15(2)26;1-14-3-4-18(12-21(14)24)16-5-7-17(8-6-16)23(27)28-20-10-9-19(11-15(2)26)22(25)13-20;1-14-3-5-15(6-4-14)16-7-9-17(10-8-16)22(25)27-19-12-11-18(13-26-2)20(23)21(19)24;1-3-15-5-7-17(8-6-15)22(25)26-18-11-9-16(10-12-18)19-13-4-14(2)20(23)21(19)24;1-3-15-8-10-18(13-20(15)23)26-22(25)19-11-9-17(12-21(19)24)16-6-4-14(2)5-7-16/h3-12H,13H2,1-2H3;3-10,12-13H,11H2,1-2H3;3-12H,13H2,1-2H3;2*4-13H,3H2,1-2H3. The van der Waals surface area contributed by atoms with Crippen LogP contribution in [0.5, 0.6) is 28.7 Å². The van der Waals surface area contributed by atoms with Crippen LogP contribution in [0.25, 0.3) is 55.6 Å². The molecule has 15 rings (SSSR count). The highest BCUT2D eigenvalue weighted by molar-refractivity contribution is 5.95. The van der Waals surface area contributed by atoms with Crippen LogP contribution in [0.2, 0.25) is 0 Å². The molecule has 0 radical (unpaired) electrons. The van der Waals surface area contributed by atoms with E-state index in [2.05, 4.69) is 0 Å². The van der Waals surface area contributed by atoms with Gasteiger partial charge in [-0.25, -0.2) is 63.5 Å². The zero-order valence-corrected chi connectivity index (χ0v) is 75.4. The van der Waals surface area contributed by atoms with Gasteiger partial charge < -0.3 is 33.2 Å². The van der Waals surface area contributed by atoms with Gasteiger partial charge >= 0.3 is 35.8 Å². The van der Waals surface area contributed by atoms with Gasteiger partial charge in [-0.2, -0.15) is 4.39 Å². The summed E-state index contributed by atoms with van der Waals surface area (Å²) in [4.78, 5) is 83.1. The van der Waals surface area contributed by atoms with Crippen LogP contribution >= 0.6 is 0 Å². The summed E-state index contributed by atoms with van der Waals surface area (Å²) in [6.45, 7) is 15.6. The SMILES string of the molecule is CC(=O)Cc1ccc(OC(=O)c2ccc(-c3ccc(C)c(F)c3)cc2)cc1F.CC(=O)OCc1ccc(OC(=O)c2ccc(-c3ccc(C)cc3)c(F)c2F)cc1.CCc1ccc(C(=O)Oc2ccc(-c3ccc(C)c(F)c3F)cc2)cc1.CCc1ccc(OC(=O)c2ccc(-c3ccc(C)cc3)cc2F)cc1F.COCc1ccc(OC(=O)c2ccc(-c3ccc(C)cc3)cc2)c(F)c1F. The lowest BCUT2D eigenvalue weighted by molar-refractivity contribution is -0.142. The molecule has 0 spiro atoms. The molecule has 0 aliphatic rings. The number of ether oxygens (including phenoxy) is 7. The van der Waals surface area contributed by atoms with Crippen LogP contribution in [0, 0.1) is 92.8 Å². The number of esters is 6. The maximum atomic E-state index is 14.5. The van der Waals surface area contributed by atoms with Gasteiger partial charge in [0.05, 0.1) is 34.4 Å². The number of Topliss-reactive ketones (excluding diaryl/α,β-unsaturated/α-hetero) is 1. The molecule has 15 aromatic carbocycles. The van der Waals surface area contributed by atoms with Crippen LogP contribution < -0.4 is 23.7 Å². The Hall–Kier alpha value is -16.0. The molecule has 0 saturated heterocycles. The number of carbonyl (C=O) groups excluding carboxylic acids is 7. The predicted octanol–water partition coefficient (Wildman–Crippen LogP) is 27.3. The highest BCUT2D eigenvalue weighted by Gasteiger charge is 2.25. The van der Waals surface area contributed by atoms with E-state index in [0.29, 0.717) is 56.7 Å². The Morgan fingerprint density at radius 1 is 0.272 bits per heavy atom. The van der Waals surface area contributed by atoms with Gasteiger partial charge in [-0.05, 0) is 241 Å². The van der Waals surface area contributed by atoms with Crippen molar-refractivity contribution in [2.24, 2.45) is 0 Å². The van der Waals surface area contributed by atoms with Crippen molar-refractivity contribution in [1.29, 1.82) is 0 Å². The van der Waals surface area contributed by atoms with Gasteiger partial charge in [0.2, 0.25) is 5.82 Å². The zero-order chi connectivity index (χ0) is 98.0. The largest absolute Gasteiger partial charge is 0.461 e. The van der Waals surface area contributed by atoms with Crippen molar-refractivity contribution in [1.82, 2.24) is 0 Å². The minimum absolute atomic E-state index is 0.0128. The van der Waals surface area contributed by atoms with E-state index in [0.717, 1.165) is 63.1 Å². The van der Waals surface area contributed by atoms with E-state index in [1.54, 1.807) is 153 Å². The highest BCUT2D eigenvalue weighted by Crippen LogP contribution is 2.34. The Morgan fingerprint density at radius 3 is 1.12 bits per heavy atom. The number of ketones is 1. The minimum atomic E-state index is -1.26. The normalized spacial score (nSPS) is 10.6. The molecular formula is C112H90F10O14. The first kappa shape index (κ1) is 101. The van der Waals surface area contributed by atoms with Crippen molar-refractivity contribution in [3.05, 3.63) is 445 Å². The van der Waals surface area contributed by atoms with Crippen LogP contribution in [0.3, 0.4) is 0 Å². The van der Waals surface area contributed by atoms with Crippen molar-refractivity contribution >= 4 is 41.6 Å². The molecule has 0 unspecified atom stereocenters. The molecule has 0 amide bonds. The minimum Gasteiger partial charge on any atom is -0.461 e. The van der Waals surface area contributed by atoms with Crippen molar-refractivity contribution in [2.75, 3.05) is 7.11 Å². The average molecular weight is 1850 g/mol. The van der Waals surface area contributed by atoms with Gasteiger partial charge in [0, 0.05) is 49.3 Å². The molecule has 692 valence electrons. The van der Waals surface area contributed by atoms with Crippen LogP contribution in [0.4, 0.5) is 43.9 Å². The highest BCUT2D eigenvalue weighted by atomic mass is 19.2. The average Bonchev–Trinajstić information content (AvgIpc) is 0.797. The van der Waals surface area contributed by atoms with Gasteiger partial charge in [0.1, 0.15) is 58.7 Å². The van der Waals surface area contributed by atoms with E-state index in [9.17, 15) is 77.5 Å². The van der Waals surface area contributed by atoms with E-state index < -0.39 is 99.5 Å². The number of methoxy groups -OCH3 is 1. The zero-order valence-electron chi connectivity index (χ0n) is 75.4. The Balaban J connectivity index is 0.000000163. The number of carbonyl (C=O) groups is 7. The summed E-state index contributed by atoms with van der Waals surface area (Å²) in [5, 5.41) is 0. The summed E-state index contributed by atoms with van der Waals surface area (Å²) < 4.78 is 176. The van der Waals surface area contributed by atoms with Crippen molar-refractivity contribution in [2.45, 2.75) is 94.8 Å². The third kappa shape index (κ3) is 27.4. The lowest BCUT2D eigenvalue weighted by atomic mass is 10.0. The second kappa shape index (κ2) is 47.4. The van der Waals surface area contributed by atoms with Crippen LogP contribution in [0.15, 0.2) is 303 Å². The Morgan fingerprint density at radius 2 is 0.647 bits per heavy atom. The Bertz CT molecular complexity index is 6810. The lowest BCUT2D eigenvalue weighted by Crippen LogP contribution is -2.12. The third-order valence-corrected chi connectivity index (χ3v) is 21.1. The quantitative estimate of drug-likeness (QED) is 0.0335. The molecule has 0 aliphatic heterocycles. The topological polar surface area (TPSA) is 184 Å². The maximum absolute atomic E-state index is 14.5. The molecule has 24 heteroatoms. The molecule has 0 aliphatic carbocycles. The first-order valence-electron chi connectivity index (χ1n) is 42.6. The number of benzene rings is 15. The summed E-state index contributed by atoms with van der Waals surface area (Å²) in [5.74, 6) is -12.6. The molecule has 0 heterocycles. The van der Waals surface area contributed by atoms with Crippen molar-refractivity contribution in [3.8, 4) is 84.4 Å². The molecule has 0 bridgehead atoms. The monoisotopic (exact) mass is 1850 g/mol. The molecular weight excluding hydrogens is 1760 g/mol. The van der Waals surface area contributed by atoms with E-state index in [4.69, 9.17) is 33.2 Å². The first-order valence-corrected chi connectivity index (χ1v) is 42.6. The fraction of sp³-hybridized carbons (Fsp3) is 0.134. The van der Waals surface area contributed by atoms with Crippen LogP contribution in [-0.4, -0.2) is 48.7 Å². The van der Waals surface area contributed by atoms with Crippen LogP contribution in [-0.2, 0) is 51.5 Å². The molecule has 0 atom stereocenters. The molecule has 15 aromatic rings. The number of rotatable bonds is 23. The van der Waals surface area contributed by atoms with Crippen molar-refractivity contribution in [3.63, 3.8) is 0 Å². The van der Waals surface area contributed by atoms with Gasteiger partial charge in [-0.3, -0.25) is 9.59 Å². The van der Waals surface area contributed by atoms with E-state index >= 15 is 0 Å². The Kier molecular flexibility index (Phi) is 35.1. The number of hydrogen-bond acceptors (Lipinski definition) is 14. The number of halogens is 10. The Labute approximate surface area is 779 Å². The number of hydrogen-bond donors (Lipinski definition) is 0. The molecule has 136 heavy (non-hydrogen) atoms. The molecule has 14 nitrogen and oxygen atoms in total. The van der Waals surface area contributed by atoms with E-state index in [1.165, 1.54) is 113 Å². The first-order chi connectivity index (χ1) is 65.1. The van der Waals surface area contributed by atoms with Crippen molar-refractivity contribution < 1.29 is 111 Å². The van der Waals surface area contributed by atoms with Gasteiger partial charge in [-0.1, -0.05) is 213 Å². The van der Waals surface area contributed by atoms with Gasteiger partial charge in [0.25, 0.3) is 0 Å². The number of aryl methyl sites for hydroxylation is 7. The molecule has 0 saturated carbocycles. The summed E-state index contributed by atoms with van der Waals surface area (Å²) in [6.07, 6.45) is 1.42. The molecule has 0 N–H and O–H groups in total. The maximum Gasteiger partial charge on any atom is 0.346 e. The summed E-state index contributed by atoms with van der Waals surface area (Å²) in [7, 11) is 1.38. The van der Waals surface area contributed by atoms with E-state index in [-0.39, 0.29) is 93.0 Å². The predicted molar refractivity (Wildman–Crippen MR) is 499 cm³/mol. The molecule has 0 fully saturated rings. The summed E-state index contributed by atoms with van der Waals surface area (Å²) in [5.41, 5.74) is 13.2. The second-order valence-electron chi connectivity index (χ2n) is 31.2. The van der Waals surface area contributed by atoms with Gasteiger partial charge in [-0.15, -0.1) is 0 Å².